The molecule has 0 aliphatic heterocycles. The largest absolute Gasteiger partial charge is 0.494 e. The van der Waals surface area contributed by atoms with Gasteiger partial charge in [-0.3, -0.25) is 14.9 Å². The first-order valence-electron chi connectivity index (χ1n) is 6.22. The highest BCUT2D eigenvalue weighted by Crippen LogP contribution is 2.28. The van der Waals surface area contributed by atoms with Crippen molar-refractivity contribution in [2.75, 3.05) is 11.9 Å². The summed E-state index contributed by atoms with van der Waals surface area (Å²) in [7, 11) is 0. The summed E-state index contributed by atoms with van der Waals surface area (Å²) in [6.45, 7) is 5.78. The molecule has 0 saturated heterocycles. The SMILES string of the molecule is CCOc1cc(NC(C)(C)CC(N)=O)cc([N+](=O)[O-])c1. The van der Waals surface area contributed by atoms with E-state index >= 15 is 0 Å². The zero-order valence-electron chi connectivity index (χ0n) is 11.8. The number of non-ortho nitro benzene ring substituents is 1. The van der Waals surface area contributed by atoms with Gasteiger partial charge in [0, 0.05) is 29.8 Å². The summed E-state index contributed by atoms with van der Waals surface area (Å²) in [5.74, 6) is -0.0444. The van der Waals surface area contributed by atoms with Crippen LogP contribution in [0.25, 0.3) is 0 Å². The third kappa shape index (κ3) is 4.75. The van der Waals surface area contributed by atoms with Crippen LogP contribution >= 0.6 is 0 Å². The summed E-state index contributed by atoms with van der Waals surface area (Å²) < 4.78 is 5.30. The van der Waals surface area contributed by atoms with Crippen LogP contribution in [0.4, 0.5) is 11.4 Å². The Morgan fingerprint density at radius 2 is 2.10 bits per heavy atom. The zero-order valence-corrected chi connectivity index (χ0v) is 11.8. The summed E-state index contributed by atoms with van der Waals surface area (Å²) in [4.78, 5) is 21.4. The molecule has 0 aliphatic carbocycles. The van der Waals surface area contributed by atoms with Crippen molar-refractivity contribution in [2.45, 2.75) is 32.7 Å². The fraction of sp³-hybridized carbons (Fsp3) is 0.462. The number of nitro groups is 1. The van der Waals surface area contributed by atoms with E-state index in [1.165, 1.54) is 12.1 Å². The number of ether oxygens (including phenoxy) is 1. The predicted molar refractivity (Wildman–Crippen MR) is 75.8 cm³/mol. The first-order chi connectivity index (χ1) is 9.23. The van der Waals surface area contributed by atoms with E-state index < -0.39 is 16.4 Å². The van der Waals surface area contributed by atoms with Gasteiger partial charge in [0.05, 0.1) is 17.6 Å². The molecule has 0 fully saturated rings. The molecular weight excluding hydrogens is 262 g/mol. The van der Waals surface area contributed by atoms with Crippen LogP contribution in [-0.2, 0) is 4.79 Å². The molecule has 0 heterocycles. The quantitative estimate of drug-likeness (QED) is 0.587. The number of nitrogens with two attached hydrogens (primary N) is 1. The van der Waals surface area contributed by atoms with E-state index in [4.69, 9.17) is 10.5 Å². The van der Waals surface area contributed by atoms with Crippen molar-refractivity contribution < 1.29 is 14.5 Å². The predicted octanol–water partition coefficient (Wildman–Crippen LogP) is 2.06. The third-order valence-corrected chi connectivity index (χ3v) is 2.51. The van der Waals surface area contributed by atoms with Crippen molar-refractivity contribution in [3.05, 3.63) is 28.3 Å². The fourth-order valence-corrected chi connectivity index (χ4v) is 1.88. The van der Waals surface area contributed by atoms with Crippen molar-refractivity contribution in [1.82, 2.24) is 0 Å². The molecule has 110 valence electrons. The molecular formula is C13H19N3O4. The van der Waals surface area contributed by atoms with Crippen molar-refractivity contribution in [3.8, 4) is 5.75 Å². The lowest BCUT2D eigenvalue weighted by Crippen LogP contribution is -2.36. The average Bonchev–Trinajstić information content (AvgIpc) is 2.26. The van der Waals surface area contributed by atoms with Crippen molar-refractivity contribution >= 4 is 17.3 Å². The Labute approximate surface area is 117 Å². The molecule has 1 aromatic rings. The molecule has 7 heteroatoms. The number of hydrogen-bond acceptors (Lipinski definition) is 5. The van der Waals surface area contributed by atoms with Gasteiger partial charge in [-0.15, -0.1) is 0 Å². The number of nitrogens with one attached hydrogen (secondary N) is 1. The Bertz CT molecular complexity index is 514. The Kier molecular flexibility index (Phi) is 4.90. The van der Waals surface area contributed by atoms with E-state index in [1.54, 1.807) is 26.8 Å². The number of carbonyl (C=O) groups excluding carboxylic acids is 1. The molecule has 0 radical (unpaired) electrons. The van der Waals surface area contributed by atoms with Gasteiger partial charge >= 0.3 is 0 Å². The topological polar surface area (TPSA) is 107 Å². The molecule has 1 rings (SSSR count). The second kappa shape index (κ2) is 6.23. The molecule has 0 bridgehead atoms. The van der Waals surface area contributed by atoms with Gasteiger partial charge in [0.2, 0.25) is 5.91 Å². The highest BCUT2D eigenvalue weighted by atomic mass is 16.6. The molecule has 0 unspecified atom stereocenters. The molecule has 0 atom stereocenters. The van der Waals surface area contributed by atoms with Gasteiger partial charge in [0.1, 0.15) is 5.75 Å². The lowest BCUT2D eigenvalue weighted by molar-refractivity contribution is -0.384. The summed E-state index contributed by atoms with van der Waals surface area (Å²) in [5.41, 5.74) is 5.00. The second-order valence-electron chi connectivity index (χ2n) is 5.06. The summed E-state index contributed by atoms with van der Waals surface area (Å²) in [6.07, 6.45) is 0.111. The third-order valence-electron chi connectivity index (χ3n) is 2.51. The lowest BCUT2D eigenvalue weighted by atomic mass is 9.99. The monoisotopic (exact) mass is 281 g/mol. The van der Waals surface area contributed by atoms with Crippen LogP contribution in [0.2, 0.25) is 0 Å². The van der Waals surface area contributed by atoms with E-state index in [9.17, 15) is 14.9 Å². The number of primary amides is 1. The van der Waals surface area contributed by atoms with Gasteiger partial charge in [0.15, 0.2) is 0 Å². The maximum absolute atomic E-state index is 11.0. The molecule has 1 amide bonds. The van der Waals surface area contributed by atoms with E-state index in [0.29, 0.717) is 18.0 Å². The van der Waals surface area contributed by atoms with Gasteiger partial charge in [-0.1, -0.05) is 0 Å². The van der Waals surface area contributed by atoms with Gasteiger partial charge < -0.3 is 15.8 Å². The van der Waals surface area contributed by atoms with Gasteiger partial charge in [-0.25, -0.2) is 0 Å². The summed E-state index contributed by atoms with van der Waals surface area (Å²) in [6, 6.07) is 4.40. The number of amides is 1. The first-order valence-corrected chi connectivity index (χ1v) is 6.22. The molecule has 0 spiro atoms. The van der Waals surface area contributed by atoms with Crippen LogP contribution in [0.1, 0.15) is 27.2 Å². The van der Waals surface area contributed by atoms with E-state index in [-0.39, 0.29) is 12.1 Å². The molecule has 0 saturated carbocycles. The van der Waals surface area contributed by atoms with Crippen molar-refractivity contribution in [2.24, 2.45) is 5.73 Å². The molecule has 0 aliphatic rings. The average molecular weight is 281 g/mol. The van der Waals surface area contributed by atoms with Crippen LogP contribution in [0, 0.1) is 10.1 Å². The van der Waals surface area contributed by atoms with Crippen LogP contribution < -0.4 is 15.8 Å². The minimum atomic E-state index is -0.607. The Balaban J connectivity index is 3.04. The maximum atomic E-state index is 11.0. The number of rotatable bonds is 7. The minimum Gasteiger partial charge on any atom is -0.494 e. The Morgan fingerprint density at radius 1 is 1.45 bits per heavy atom. The smallest absolute Gasteiger partial charge is 0.275 e. The van der Waals surface area contributed by atoms with E-state index in [2.05, 4.69) is 5.32 Å². The number of carbonyl (C=O) groups is 1. The van der Waals surface area contributed by atoms with E-state index in [0.717, 1.165) is 0 Å². The standard InChI is InChI=1S/C13H19N3O4/c1-4-20-11-6-9(5-10(7-11)16(18)19)15-13(2,3)8-12(14)17/h5-7,15H,4,8H2,1-3H3,(H2,14,17). The number of nitro benzene ring substituents is 1. The van der Waals surface area contributed by atoms with Gasteiger partial charge in [0.25, 0.3) is 5.69 Å². The van der Waals surface area contributed by atoms with Crippen LogP contribution in [0.15, 0.2) is 18.2 Å². The van der Waals surface area contributed by atoms with Crippen molar-refractivity contribution in [3.63, 3.8) is 0 Å². The first kappa shape index (κ1) is 15.7. The number of benzene rings is 1. The van der Waals surface area contributed by atoms with Crippen LogP contribution in [-0.4, -0.2) is 23.0 Å². The van der Waals surface area contributed by atoms with E-state index in [1.807, 2.05) is 0 Å². The maximum Gasteiger partial charge on any atom is 0.275 e. The van der Waals surface area contributed by atoms with Crippen LogP contribution in [0.5, 0.6) is 5.75 Å². The molecule has 1 aromatic carbocycles. The van der Waals surface area contributed by atoms with Gasteiger partial charge in [-0.2, -0.15) is 0 Å². The number of anilines is 1. The molecule has 0 aromatic heterocycles. The Morgan fingerprint density at radius 3 is 2.60 bits per heavy atom. The highest BCUT2D eigenvalue weighted by Gasteiger charge is 2.21. The van der Waals surface area contributed by atoms with Crippen molar-refractivity contribution in [1.29, 1.82) is 0 Å². The number of hydrogen-bond donors (Lipinski definition) is 2. The number of nitrogens with zero attached hydrogens (tertiary/aromatic N) is 1. The zero-order chi connectivity index (χ0) is 15.3. The molecule has 3 N–H and O–H groups in total. The lowest BCUT2D eigenvalue weighted by Gasteiger charge is -2.26. The van der Waals surface area contributed by atoms with Crippen LogP contribution in [0.3, 0.4) is 0 Å². The summed E-state index contributed by atoms with van der Waals surface area (Å²) in [5, 5.41) is 14.0. The Hall–Kier alpha value is -2.31. The summed E-state index contributed by atoms with van der Waals surface area (Å²) >= 11 is 0. The highest BCUT2D eigenvalue weighted by molar-refractivity contribution is 5.75. The molecule has 7 nitrogen and oxygen atoms in total. The second-order valence-corrected chi connectivity index (χ2v) is 5.06. The minimum absolute atomic E-state index is 0.0756. The molecule has 20 heavy (non-hydrogen) atoms. The fourth-order valence-electron chi connectivity index (χ4n) is 1.88. The van der Waals surface area contributed by atoms with Gasteiger partial charge in [-0.05, 0) is 20.8 Å². The normalized spacial score (nSPS) is 10.9.